The van der Waals surface area contributed by atoms with Crippen molar-refractivity contribution in [2.75, 3.05) is 0 Å². The van der Waals surface area contributed by atoms with Crippen LogP contribution < -0.4 is 0 Å². The first-order valence-electron chi connectivity index (χ1n) is 4.07. The van der Waals surface area contributed by atoms with Crippen molar-refractivity contribution in [1.29, 1.82) is 0 Å². The van der Waals surface area contributed by atoms with Gasteiger partial charge in [0.1, 0.15) is 0 Å². The van der Waals surface area contributed by atoms with Crippen LogP contribution in [0.1, 0.15) is 24.3 Å². The van der Waals surface area contributed by atoms with Crippen LogP contribution in [-0.4, -0.2) is 0 Å². The second kappa shape index (κ2) is 5.53. The van der Waals surface area contributed by atoms with Crippen molar-refractivity contribution in [3.05, 3.63) is 30.7 Å². The minimum absolute atomic E-state index is 0.150. The van der Waals surface area contributed by atoms with Crippen molar-refractivity contribution in [2.45, 2.75) is 18.7 Å². The molecule has 1 unspecified atom stereocenters. The Hall–Kier alpha value is 0.960. The standard InChI is InChI=1S/C9H6Cl6/c1-2-3(10)4-5(11)7(13)9(15)8(14)6(4)12/h3H,2H2,1H3. The molecule has 0 fully saturated rings. The fourth-order valence-corrected chi connectivity index (χ4v) is 2.85. The summed E-state index contributed by atoms with van der Waals surface area (Å²) in [6.07, 6.45) is 0.662. The normalized spacial score (nSPS) is 13.0. The lowest BCUT2D eigenvalue weighted by molar-refractivity contribution is 0.884. The lowest BCUT2D eigenvalue weighted by atomic mass is 10.1. The van der Waals surface area contributed by atoms with Crippen LogP contribution in [0.25, 0.3) is 0 Å². The first kappa shape index (κ1) is 14.0. The molecule has 1 atom stereocenters. The second-order valence-electron chi connectivity index (χ2n) is 2.86. The van der Waals surface area contributed by atoms with Crippen LogP contribution in [0.15, 0.2) is 0 Å². The van der Waals surface area contributed by atoms with Crippen LogP contribution in [0.5, 0.6) is 0 Å². The van der Waals surface area contributed by atoms with Gasteiger partial charge in [-0.2, -0.15) is 0 Å². The SMILES string of the molecule is CCC(Cl)c1c(Cl)c(Cl)c(Cl)c(Cl)c1Cl. The van der Waals surface area contributed by atoms with E-state index in [0.717, 1.165) is 0 Å². The lowest BCUT2D eigenvalue weighted by Gasteiger charge is -2.15. The van der Waals surface area contributed by atoms with Gasteiger partial charge < -0.3 is 0 Å². The molecule has 15 heavy (non-hydrogen) atoms. The molecule has 1 aromatic carbocycles. The van der Waals surface area contributed by atoms with Gasteiger partial charge in [0.05, 0.1) is 30.5 Å². The third kappa shape index (κ3) is 2.62. The van der Waals surface area contributed by atoms with Crippen molar-refractivity contribution in [3.63, 3.8) is 0 Å². The fraction of sp³-hybridized carbons (Fsp3) is 0.333. The van der Waals surface area contributed by atoms with E-state index in [9.17, 15) is 0 Å². The Kier molecular flexibility index (Phi) is 5.17. The van der Waals surface area contributed by atoms with E-state index in [-0.39, 0.29) is 30.5 Å². The van der Waals surface area contributed by atoms with Gasteiger partial charge in [-0.15, -0.1) is 11.6 Å². The Morgan fingerprint density at radius 2 is 1.13 bits per heavy atom. The van der Waals surface area contributed by atoms with Crippen molar-refractivity contribution >= 4 is 69.6 Å². The lowest BCUT2D eigenvalue weighted by Crippen LogP contribution is -1.94. The molecule has 0 aliphatic carbocycles. The zero-order chi connectivity index (χ0) is 11.7. The summed E-state index contributed by atoms with van der Waals surface area (Å²) in [5, 5.41) is 0.703. The van der Waals surface area contributed by atoms with Crippen LogP contribution in [0.4, 0.5) is 0 Å². The third-order valence-corrected chi connectivity index (χ3v) is 4.75. The monoisotopic (exact) mass is 324 g/mol. The maximum atomic E-state index is 6.07. The van der Waals surface area contributed by atoms with Crippen LogP contribution in [0, 0.1) is 0 Å². The summed E-state index contributed by atoms with van der Waals surface area (Å²) in [6.45, 7) is 1.90. The summed E-state index contributed by atoms with van der Waals surface area (Å²) in [4.78, 5) is 0. The van der Waals surface area contributed by atoms with E-state index in [0.29, 0.717) is 12.0 Å². The van der Waals surface area contributed by atoms with Crippen molar-refractivity contribution < 1.29 is 0 Å². The molecular weight excluding hydrogens is 321 g/mol. The largest absolute Gasteiger partial charge is 0.118 e. The zero-order valence-corrected chi connectivity index (χ0v) is 12.1. The van der Waals surface area contributed by atoms with E-state index in [2.05, 4.69) is 0 Å². The quantitative estimate of drug-likeness (QED) is 0.324. The summed E-state index contributed by atoms with van der Waals surface area (Å²) in [7, 11) is 0. The smallest absolute Gasteiger partial charge is 0.0809 e. The molecule has 0 amide bonds. The van der Waals surface area contributed by atoms with Gasteiger partial charge in [0.15, 0.2) is 0 Å². The Balaban J connectivity index is 3.52. The molecule has 0 heterocycles. The van der Waals surface area contributed by atoms with Crippen LogP contribution in [-0.2, 0) is 0 Å². The summed E-state index contributed by atoms with van der Waals surface area (Å²) in [5.41, 5.74) is 0.530. The molecule has 0 radical (unpaired) electrons. The van der Waals surface area contributed by atoms with Gasteiger partial charge in [0, 0.05) is 5.56 Å². The molecule has 0 aromatic heterocycles. The van der Waals surface area contributed by atoms with Gasteiger partial charge in [-0.25, -0.2) is 0 Å². The van der Waals surface area contributed by atoms with E-state index in [1.54, 1.807) is 0 Å². The fourth-order valence-electron chi connectivity index (χ4n) is 1.10. The molecule has 0 saturated carbocycles. The van der Waals surface area contributed by atoms with Crippen LogP contribution in [0.2, 0.25) is 25.1 Å². The maximum absolute atomic E-state index is 6.07. The zero-order valence-electron chi connectivity index (χ0n) is 7.55. The number of hydrogen-bond donors (Lipinski definition) is 0. The van der Waals surface area contributed by atoms with Crippen LogP contribution >= 0.6 is 69.6 Å². The Labute approximate surface area is 118 Å². The van der Waals surface area contributed by atoms with E-state index >= 15 is 0 Å². The third-order valence-electron chi connectivity index (χ3n) is 1.92. The molecule has 0 spiro atoms. The summed E-state index contributed by atoms with van der Waals surface area (Å²) in [6, 6.07) is 0. The van der Waals surface area contributed by atoms with Crippen molar-refractivity contribution in [2.24, 2.45) is 0 Å². The van der Waals surface area contributed by atoms with Gasteiger partial charge in [-0.3, -0.25) is 0 Å². The predicted molar refractivity (Wildman–Crippen MR) is 70.4 cm³/mol. The molecule has 1 rings (SSSR count). The molecule has 0 saturated heterocycles. The Bertz CT molecular complexity index is 358. The highest BCUT2D eigenvalue weighted by molar-refractivity contribution is 6.55. The van der Waals surface area contributed by atoms with E-state index in [1.807, 2.05) is 6.92 Å². The molecule has 0 N–H and O–H groups in total. The summed E-state index contributed by atoms with van der Waals surface area (Å²) in [5.74, 6) is 0. The molecule has 1 aromatic rings. The van der Waals surface area contributed by atoms with Crippen molar-refractivity contribution in [1.82, 2.24) is 0 Å². The number of halogens is 6. The number of hydrogen-bond acceptors (Lipinski definition) is 0. The number of alkyl halides is 1. The molecular formula is C9H6Cl6. The first-order valence-corrected chi connectivity index (χ1v) is 6.39. The molecule has 6 heteroatoms. The highest BCUT2D eigenvalue weighted by Crippen LogP contribution is 2.47. The average Bonchev–Trinajstić information content (AvgIpc) is 2.23. The number of rotatable bonds is 2. The Morgan fingerprint density at radius 1 is 0.800 bits per heavy atom. The van der Waals surface area contributed by atoms with Gasteiger partial charge in [0.2, 0.25) is 0 Å². The highest BCUT2D eigenvalue weighted by Gasteiger charge is 2.22. The molecule has 0 nitrogen and oxygen atoms in total. The number of benzene rings is 1. The molecule has 84 valence electrons. The molecule has 0 bridgehead atoms. The maximum Gasteiger partial charge on any atom is 0.0809 e. The van der Waals surface area contributed by atoms with Gasteiger partial charge in [-0.05, 0) is 6.42 Å². The van der Waals surface area contributed by atoms with E-state index in [1.165, 1.54) is 0 Å². The minimum atomic E-state index is -0.336. The predicted octanol–water partition coefficient (Wildman–Crippen LogP) is 6.64. The molecule has 0 aliphatic heterocycles. The summed E-state index contributed by atoms with van der Waals surface area (Å²) < 4.78 is 0. The van der Waals surface area contributed by atoms with E-state index in [4.69, 9.17) is 69.6 Å². The van der Waals surface area contributed by atoms with Crippen molar-refractivity contribution in [3.8, 4) is 0 Å². The van der Waals surface area contributed by atoms with E-state index < -0.39 is 0 Å². The van der Waals surface area contributed by atoms with Gasteiger partial charge >= 0.3 is 0 Å². The first-order chi connectivity index (χ1) is 6.91. The summed E-state index contributed by atoms with van der Waals surface area (Å²) >= 11 is 35.7. The van der Waals surface area contributed by atoms with Gasteiger partial charge in [-0.1, -0.05) is 64.9 Å². The minimum Gasteiger partial charge on any atom is -0.118 e. The highest BCUT2D eigenvalue weighted by atomic mass is 35.5. The average molecular weight is 327 g/mol. The van der Waals surface area contributed by atoms with Crippen LogP contribution in [0.3, 0.4) is 0 Å². The topological polar surface area (TPSA) is 0 Å². The van der Waals surface area contributed by atoms with Gasteiger partial charge in [0.25, 0.3) is 0 Å². The Morgan fingerprint density at radius 3 is 1.47 bits per heavy atom. The molecule has 0 aliphatic rings. The second-order valence-corrected chi connectivity index (χ2v) is 5.28.